The van der Waals surface area contributed by atoms with Crippen molar-refractivity contribution >= 4 is 24.8 Å². The minimum absolute atomic E-state index is 0. The Balaban J connectivity index is 0.00000220. The third kappa shape index (κ3) is 4.65. The number of halogens is 8. The van der Waals surface area contributed by atoms with Gasteiger partial charge in [0.25, 0.3) is 0 Å². The molecule has 1 aliphatic rings. The molecule has 2 nitrogen and oxygen atoms in total. The highest BCUT2D eigenvalue weighted by molar-refractivity contribution is 5.85. The number of hydrogen-bond acceptors (Lipinski definition) is 2. The Kier molecular flexibility index (Phi) is 7.97. The summed E-state index contributed by atoms with van der Waals surface area (Å²) in [4.78, 5) is 1.01. The first-order chi connectivity index (χ1) is 9.30. The van der Waals surface area contributed by atoms with Crippen LogP contribution in [0.25, 0.3) is 0 Å². The first-order valence-electron chi connectivity index (χ1n) is 5.96. The highest BCUT2D eigenvalue weighted by atomic mass is 35.5. The average molecular weight is 371 g/mol. The molecule has 1 fully saturated rings. The molecular weight excluding hydrogens is 357 g/mol. The van der Waals surface area contributed by atoms with E-state index < -0.39 is 35.2 Å². The summed E-state index contributed by atoms with van der Waals surface area (Å²) in [6, 6.07) is -1.85. The zero-order valence-electron chi connectivity index (χ0n) is 11.1. The molecule has 22 heavy (non-hydrogen) atoms. The van der Waals surface area contributed by atoms with E-state index in [0.29, 0.717) is 13.1 Å². The van der Waals surface area contributed by atoms with E-state index in [9.17, 15) is 26.3 Å². The maximum Gasteiger partial charge on any atom is 0.408 e. The van der Waals surface area contributed by atoms with Crippen LogP contribution in [0.2, 0.25) is 0 Å². The summed E-state index contributed by atoms with van der Waals surface area (Å²) < 4.78 is 79.1. The molecule has 0 radical (unpaired) electrons. The molecule has 10 heteroatoms. The van der Waals surface area contributed by atoms with E-state index in [1.165, 1.54) is 0 Å². The van der Waals surface area contributed by atoms with Crippen molar-refractivity contribution in [1.82, 2.24) is 10.2 Å². The van der Waals surface area contributed by atoms with Gasteiger partial charge in [-0.2, -0.15) is 13.2 Å². The van der Waals surface area contributed by atoms with Crippen molar-refractivity contribution in [3.8, 4) is 0 Å². The molecule has 0 aromatic heterocycles. The van der Waals surface area contributed by atoms with Crippen LogP contribution in [0.3, 0.4) is 0 Å². The third-order valence-electron chi connectivity index (χ3n) is 3.16. The smallest absolute Gasteiger partial charge is 0.314 e. The number of nitrogens with zero attached hydrogens (tertiary/aromatic N) is 1. The molecule has 0 unspecified atom stereocenters. The summed E-state index contributed by atoms with van der Waals surface area (Å²) in [5.41, 5.74) is -0.890. The van der Waals surface area contributed by atoms with Crippen LogP contribution in [0.15, 0.2) is 12.1 Å². The second-order valence-electron chi connectivity index (χ2n) is 4.52. The van der Waals surface area contributed by atoms with E-state index >= 15 is 0 Å². The fourth-order valence-corrected chi connectivity index (χ4v) is 2.27. The minimum Gasteiger partial charge on any atom is -0.314 e. The van der Waals surface area contributed by atoms with Crippen molar-refractivity contribution in [2.75, 3.05) is 26.2 Å². The van der Waals surface area contributed by atoms with Gasteiger partial charge in [-0.3, -0.25) is 4.90 Å². The summed E-state index contributed by atoms with van der Waals surface area (Å²) >= 11 is 0. The quantitative estimate of drug-likeness (QED) is 0.633. The van der Waals surface area contributed by atoms with E-state index in [0.717, 1.165) is 4.90 Å². The summed E-state index contributed by atoms with van der Waals surface area (Å²) in [6.45, 7) is 0.723. The molecule has 2 rings (SSSR count). The Labute approximate surface area is 135 Å². The fraction of sp³-hybridized carbons (Fsp3) is 0.500. The van der Waals surface area contributed by atoms with Crippen molar-refractivity contribution < 1.29 is 26.3 Å². The molecule has 1 saturated heterocycles. The molecule has 0 saturated carbocycles. The van der Waals surface area contributed by atoms with Crippen molar-refractivity contribution in [2.45, 2.75) is 12.2 Å². The Hall–Kier alpha value is -0.700. The predicted octanol–water partition coefficient (Wildman–Crippen LogP) is 3.46. The summed E-state index contributed by atoms with van der Waals surface area (Å²) in [6.07, 6.45) is -4.78. The summed E-state index contributed by atoms with van der Waals surface area (Å²) in [5, 5.41) is 2.87. The van der Waals surface area contributed by atoms with E-state index in [2.05, 4.69) is 5.32 Å². The monoisotopic (exact) mass is 370 g/mol. The van der Waals surface area contributed by atoms with Gasteiger partial charge in [0.05, 0.1) is 0 Å². The van der Waals surface area contributed by atoms with E-state index in [4.69, 9.17) is 0 Å². The highest BCUT2D eigenvalue weighted by Gasteiger charge is 2.46. The average Bonchev–Trinajstić information content (AvgIpc) is 2.35. The second-order valence-corrected chi connectivity index (χ2v) is 4.52. The van der Waals surface area contributed by atoms with Crippen LogP contribution < -0.4 is 5.32 Å². The zero-order chi connectivity index (χ0) is 14.9. The van der Waals surface area contributed by atoms with Gasteiger partial charge in [-0.15, -0.1) is 24.8 Å². The van der Waals surface area contributed by atoms with Gasteiger partial charge in [0, 0.05) is 37.8 Å². The molecule has 1 heterocycles. The number of piperazine rings is 1. The lowest BCUT2D eigenvalue weighted by Gasteiger charge is -2.36. The molecule has 0 aliphatic carbocycles. The third-order valence-corrected chi connectivity index (χ3v) is 3.16. The van der Waals surface area contributed by atoms with Gasteiger partial charge in [-0.1, -0.05) is 0 Å². The van der Waals surface area contributed by atoms with E-state index in [1.807, 2.05) is 0 Å². The molecular formula is C12H14Cl2F6N2. The molecule has 1 atom stereocenters. The van der Waals surface area contributed by atoms with Crippen LogP contribution in [0.4, 0.5) is 26.3 Å². The summed E-state index contributed by atoms with van der Waals surface area (Å²) in [5.74, 6) is -4.40. The minimum atomic E-state index is -4.78. The van der Waals surface area contributed by atoms with Crippen LogP contribution >= 0.6 is 24.8 Å². The normalized spacial score (nSPS) is 17.4. The van der Waals surface area contributed by atoms with Gasteiger partial charge in [-0.25, -0.2) is 13.2 Å². The maximum absolute atomic E-state index is 13.6. The number of nitrogens with one attached hydrogen (secondary N) is 1. The maximum atomic E-state index is 13.6. The first kappa shape index (κ1) is 21.3. The molecule has 0 spiro atoms. The van der Waals surface area contributed by atoms with Crippen molar-refractivity contribution in [3.05, 3.63) is 35.1 Å². The molecule has 1 N–H and O–H groups in total. The lowest BCUT2D eigenvalue weighted by atomic mass is 10.0. The lowest BCUT2D eigenvalue weighted by Crippen LogP contribution is -2.49. The number of benzene rings is 1. The van der Waals surface area contributed by atoms with Gasteiger partial charge in [0.15, 0.2) is 11.6 Å². The standard InChI is InChI=1S/C12H12F6N2.2ClH/c13-8-6-10(15)9(14)5-7(8)11(12(16,17)18)20-3-1-19-2-4-20;;/h5-6,11,19H,1-4H2;2*1H/t11-;;/m0../s1. The van der Waals surface area contributed by atoms with Gasteiger partial charge in [0.1, 0.15) is 11.9 Å². The van der Waals surface area contributed by atoms with Crippen molar-refractivity contribution in [1.29, 1.82) is 0 Å². The van der Waals surface area contributed by atoms with Gasteiger partial charge in [0.2, 0.25) is 0 Å². The molecule has 1 aliphatic heterocycles. The lowest BCUT2D eigenvalue weighted by molar-refractivity contribution is -0.188. The van der Waals surface area contributed by atoms with Crippen LogP contribution in [0.1, 0.15) is 11.6 Å². The Morgan fingerprint density at radius 3 is 1.91 bits per heavy atom. The molecule has 1 aromatic rings. The largest absolute Gasteiger partial charge is 0.408 e. The Morgan fingerprint density at radius 1 is 0.909 bits per heavy atom. The molecule has 0 amide bonds. The fourth-order valence-electron chi connectivity index (χ4n) is 2.27. The van der Waals surface area contributed by atoms with Crippen LogP contribution in [-0.4, -0.2) is 37.3 Å². The van der Waals surface area contributed by atoms with Crippen molar-refractivity contribution in [2.24, 2.45) is 0 Å². The summed E-state index contributed by atoms with van der Waals surface area (Å²) in [7, 11) is 0. The van der Waals surface area contributed by atoms with Crippen LogP contribution in [0.5, 0.6) is 0 Å². The molecule has 0 bridgehead atoms. The SMILES string of the molecule is Cl.Cl.Fc1cc(F)c([C@H](N2CCNCC2)C(F)(F)F)cc1F. The van der Waals surface area contributed by atoms with E-state index in [-0.39, 0.29) is 50.0 Å². The zero-order valence-corrected chi connectivity index (χ0v) is 12.7. The number of alkyl halides is 3. The van der Waals surface area contributed by atoms with Crippen molar-refractivity contribution in [3.63, 3.8) is 0 Å². The Morgan fingerprint density at radius 2 is 1.41 bits per heavy atom. The molecule has 128 valence electrons. The predicted molar refractivity (Wildman–Crippen MR) is 74.1 cm³/mol. The van der Waals surface area contributed by atoms with Crippen LogP contribution in [0, 0.1) is 17.5 Å². The van der Waals surface area contributed by atoms with Gasteiger partial charge in [-0.05, 0) is 6.07 Å². The molecule has 1 aromatic carbocycles. The van der Waals surface area contributed by atoms with Crippen LogP contribution in [-0.2, 0) is 0 Å². The number of hydrogen-bond donors (Lipinski definition) is 1. The highest BCUT2D eigenvalue weighted by Crippen LogP contribution is 2.39. The second kappa shape index (κ2) is 8.24. The van der Waals surface area contributed by atoms with E-state index in [1.54, 1.807) is 0 Å². The van der Waals surface area contributed by atoms with Gasteiger partial charge < -0.3 is 5.32 Å². The number of rotatable bonds is 2. The Bertz CT molecular complexity index is 491. The first-order valence-corrected chi connectivity index (χ1v) is 5.96. The van der Waals surface area contributed by atoms with Gasteiger partial charge >= 0.3 is 6.18 Å². The topological polar surface area (TPSA) is 15.3 Å².